The van der Waals surface area contributed by atoms with Gasteiger partial charge < -0.3 is 5.32 Å². The lowest BCUT2D eigenvalue weighted by atomic mass is 9.89. The van der Waals surface area contributed by atoms with Crippen molar-refractivity contribution >= 4 is 17.3 Å². The molecule has 1 aliphatic rings. The van der Waals surface area contributed by atoms with Crippen LogP contribution >= 0.6 is 0 Å². The second-order valence-electron chi connectivity index (χ2n) is 6.94. The van der Waals surface area contributed by atoms with Crippen LogP contribution in [-0.4, -0.2) is 26.3 Å². The first-order valence-corrected chi connectivity index (χ1v) is 9.41. The SMILES string of the molecule is O=C(CCC(=O)c1ccc2c(c1)CCCC2)NCc1nnc2ccccn12. The molecule has 6 heteroatoms. The number of benzene rings is 1. The number of aryl methyl sites for hydroxylation is 2. The number of carbonyl (C=O) groups is 2. The maximum Gasteiger partial charge on any atom is 0.220 e. The van der Waals surface area contributed by atoms with Crippen LogP contribution in [0, 0.1) is 0 Å². The molecule has 0 aliphatic heterocycles. The van der Waals surface area contributed by atoms with Gasteiger partial charge in [0.25, 0.3) is 0 Å². The normalized spacial score (nSPS) is 13.3. The smallest absolute Gasteiger partial charge is 0.220 e. The quantitative estimate of drug-likeness (QED) is 0.684. The van der Waals surface area contributed by atoms with Crippen molar-refractivity contribution in [2.45, 2.75) is 45.1 Å². The predicted octanol–water partition coefficient (Wildman–Crippen LogP) is 2.89. The minimum absolute atomic E-state index is 0.0199. The van der Waals surface area contributed by atoms with E-state index in [0.29, 0.717) is 11.4 Å². The Morgan fingerprint density at radius 3 is 2.74 bits per heavy atom. The van der Waals surface area contributed by atoms with Gasteiger partial charge in [0.05, 0.1) is 6.54 Å². The summed E-state index contributed by atoms with van der Waals surface area (Å²) in [5.41, 5.74) is 4.10. The lowest BCUT2D eigenvalue weighted by molar-refractivity contribution is -0.121. The highest BCUT2D eigenvalue weighted by Gasteiger charge is 2.14. The van der Waals surface area contributed by atoms with Crippen molar-refractivity contribution in [1.82, 2.24) is 19.9 Å². The number of carbonyl (C=O) groups excluding carboxylic acids is 2. The highest BCUT2D eigenvalue weighted by molar-refractivity contribution is 5.98. The Morgan fingerprint density at radius 2 is 1.85 bits per heavy atom. The summed E-state index contributed by atoms with van der Waals surface area (Å²) in [6.45, 7) is 0.289. The minimum atomic E-state index is -0.158. The first-order chi connectivity index (χ1) is 13.2. The van der Waals surface area contributed by atoms with Crippen LogP contribution in [0.15, 0.2) is 42.6 Å². The highest BCUT2D eigenvalue weighted by Crippen LogP contribution is 2.22. The summed E-state index contributed by atoms with van der Waals surface area (Å²) in [4.78, 5) is 24.6. The van der Waals surface area contributed by atoms with E-state index in [0.717, 1.165) is 18.5 Å². The number of amides is 1. The lowest BCUT2D eigenvalue weighted by Crippen LogP contribution is -2.24. The molecule has 0 radical (unpaired) electrons. The summed E-state index contributed by atoms with van der Waals surface area (Å²) < 4.78 is 1.83. The number of nitrogens with one attached hydrogen (secondary N) is 1. The lowest BCUT2D eigenvalue weighted by Gasteiger charge is -2.16. The van der Waals surface area contributed by atoms with Gasteiger partial charge in [-0.2, -0.15) is 0 Å². The molecule has 2 aromatic heterocycles. The Kier molecular flexibility index (Phi) is 4.96. The number of hydrogen-bond donors (Lipinski definition) is 1. The molecule has 138 valence electrons. The third kappa shape index (κ3) is 3.89. The number of pyridine rings is 1. The van der Waals surface area contributed by atoms with Gasteiger partial charge in [-0.05, 0) is 55.0 Å². The van der Waals surface area contributed by atoms with E-state index in [1.807, 2.05) is 40.9 Å². The van der Waals surface area contributed by atoms with E-state index >= 15 is 0 Å². The van der Waals surface area contributed by atoms with Gasteiger partial charge in [-0.3, -0.25) is 14.0 Å². The first kappa shape index (κ1) is 17.4. The van der Waals surface area contributed by atoms with Crippen LogP contribution in [0.1, 0.15) is 53.0 Å². The molecule has 0 fully saturated rings. The predicted molar refractivity (Wildman–Crippen MR) is 101 cm³/mol. The van der Waals surface area contributed by atoms with Crippen LogP contribution in [0.4, 0.5) is 0 Å². The molecule has 0 saturated heterocycles. The Labute approximate surface area is 157 Å². The van der Waals surface area contributed by atoms with Crippen LogP contribution in [0.3, 0.4) is 0 Å². The monoisotopic (exact) mass is 362 g/mol. The van der Waals surface area contributed by atoms with Crippen molar-refractivity contribution in [3.8, 4) is 0 Å². The zero-order valence-corrected chi connectivity index (χ0v) is 15.1. The third-order valence-electron chi connectivity index (χ3n) is 5.08. The summed E-state index contributed by atoms with van der Waals surface area (Å²) in [5.74, 6) is 0.528. The molecule has 1 aliphatic carbocycles. The van der Waals surface area contributed by atoms with Crippen LogP contribution in [0.25, 0.3) is 5.65 Å². The third-order valence-corrected chi connectivity index (χ3v) is 5.08. The minimum Gasteiger partial charge on any atom is -0.349 e. The summed E-state index contributed by atoms with van der Waals surface area (Å²) in [5, 5.41) is 11.0. The number of hydrogen-bond acceptors (Lipinski definition) is 4. The van der Waals surface area contributed by atoms with Gasteiger partial charge in [0.15, 0.2) is 17.3 Å². The van der Waals surface area contributed by atoms with Gasteiger partial charge in [0.1, 0.15) is 0 Å². The van der Waals surface area contributed by atoms with E-state index in [4.69, 9.17) is 0 Å². The largest absolute Gasteiger partial charge is 0.349 e. The van der Waals surface area contributed by atoms with E-state index in [9.17, 15) is 9.59 Å². The molecule has 1 N–H and O–H groups in total. The molecule has 0 saturated carbocycles. The van der Waals surface area contributed by atoms with E-state index < -0.39 is 0 Å². The molecule has 0 unspecified atom stereocenters. The number of rotatable bonds is 6. The molecule has 0 bridgehead atoms. The maximum absolute atomic E-state index is 12.4. The molecule has 1 aromatic carbocycles. The van der Waals surface area contributed by atoms with E-state index in [-0.39, 0.29) is 31.1 Å². The number of Topliss-reactive ketones (excluding diaryl/α,β-unsaturated/α-hetero) is 1. The second kappa shape index (κ2) is 7.70. The number of nitrogens with zero attached hydrogens (tertiary/aromatic N) is 3. The van der Waals surface area contributed by atoms with E-state index in [2.05, 4.69) is 21.6 Å². The van der Waals surface area contributed by atoms with Crippen LogP contribution in [-0.2, 0) is 24.2 Å². The second-order valence-corrected chi connectivity index (χ2v) is 6.94. The fourth-order valence-corrected chi connectivity index (χ4v) is 3.56. The number of ketones is 1. The summed E-state index contributed by atoms with van der Waals surface area (Å²) in [7, 11) is 0. The average molecular weight is 362 g/mol. The highest BCUT2D eigenvalue weighted by atomic mass is 16.2. The van der Waals surface area contributed by atoms with Crippen molar-refractivity contribution in [2.24, 2.45) is 0 Å². The van der Waals surface area contributed by atoms with Gasteiger partial charge in [-0.1, -0.05) is 18.2 Å². The number of aromatic nitrogens is 3. The maximum atomic E-state index is 12.4. The number of fused-ring (bicyclic) bond motifs is 2. The first-order valence-electron chi connectivity index (χ1n) is 9.41. The van der Waals surface area contributed by atoms with Gasteiger partial charge in [0, 0.05) is 24.6 Å². The fourth-order valence-electron chi connectivity index (χ4n) is 3.56. The van der Waals surface area contributed by atoms with Gasteiger partial charge in [-0.25, -0.2) is 0 Å². The Bertz CT molecular complexity index is 993. The Balaban J connectivity index is 1.30. The van der Waals surface area contributed by atoms with E-state index in [1.165, 1.54) is 24.0 Å². The van der Waals surface area contributed by atoms with Crippen molar-refractivity contribution in [1.29, 1.82) is 0 Å². The molecule has 1 amide bonds. The average Bonchev–Trinajstić information content (AvgIpc) is 3.13. The van der Waals surface area contributed by atoms with Gasteiger partial charge in [-0.15, -0.1) is 10.2 Å². The Morgan fingerprint density at radius 1 is 1.00 bits per heavy atom. The standard InChI is InChI=1S/C21H22N4O2/c26-18(17-9-8-15-5-1-2-6-16(15)13-17)10-11-21(27)22-14-20-24-23-19-7-3-4-12-25(19)20/h3-4,7-9,12-13H,1-2,5-6,10-11,14H2,(H,22,27). The molecule has 3 aromatic rings. The van der Waals surface area contributed by atoms with Crippen molar-refractivity contribution in [3.63, 3.8) is 0 Å². The zero-order chi connectivity index (χ0) is 18.6. The van der Waals surface area contributed by atoms with E-state index in [1.54, 1.807) is 0 Å². The molecule has 27 heavy (non-hydrogen) atoms. The zero-order valence-electron chi connectivity index (χ0n) is 15.1. The molecule has 2 heterocycles. The van der Waals surface area contributed by atoms with Gasteiger partial charge >= 0.3 is 0 Å². The topological polar surface area (TPSA) is 76.4 Å². The van der Waals surface area contributed by atoms with Crippen molar-refractivity contribution in [2.75, 3.05) is 0 Å². The molecule has 6 nitrogen and oxygen atoms in total. The fraction of sp³-hybridized carbons (Fsp3) is 0.333. The molecule has 0 spiro atoms. The summed E-state index contributed by atoms with van der Waals surface area (Å²) in [6.07, 6.45) is 6.80. The van der Waals surface area contributed by atoms with Crippen molar-refractivity contribution in [3.05, 3.63) is 65.1 Å². The summed E-state index contributed by atoms with van der Waals surface area (Å²) >= 11 is 0. The molecule has 0 atom stereocenters. The van der Waals surface area contributed by atoms with Crippen LogP contribution in [0.5, 0.6) is 0 Å². The van der Waals surface area contributed by atoms with Crippen LogP contribution < -0.4 is 5.32 Å². The van der Waals surface area contributed by atoms with Crippen molar-refractivity contribution < 1.29 is 9.59 Å². The van der Waals surface area contributed by atoms with Gasteiger partial charge in [0.2, 0.25) is 5.91 Å². The Hall–Kier alpha value is -3.02. The summed E-state index contributed by atoms with van der Waals surface area (Å²) in [6, 6.07) is 11.6. The molecule has 4 rings (SSSR count). The molecular weight excluding hydrogens is 340 g/mol. The van der Waals surface area contributed by atoms with Crippen LogP contribution in [0.2, 0.25) is 0 Å². The molecular formula is C21H22N4O2.